The van der Waals surface area contributed by atoms with Gasteiger partial charge in [-0.15, -0.1) is 0 Å². The molecule has 2 aromatic rings. The van der Waals surface area contributed by atoms with Gasteiger partial charge in [-0.3, -0.25) is 0 Å². The van der Waals surface area contributed by atoms with E-state index in [4.69, 9.17) is 11.6 Å². The van der Waals surface area contributed by atoms with E-state index in [0.717, 1.165) is 24.0 Å². The summed E-state index contributed by atoms with van der Waals surface area (Å²) in [6.45, 7) is 1.29. The van der Waals surface area contributed by atoms with E-state index in [1.807, 2.05) is 21.7 Å². The molecule has 0 fully saturated rings. The number of hydrogen-bond donors (Lipinski definition) is 1. The van der Waals surface area contributed by atoms with E-state index < -0.39 is 11.8 Å². The Morgan fingerprint density at radius 2 is 2.33 bits per heavy atom. The Morgan fingerprint density at radius 3 is 3.00 bits per heavy atom. The number of halogens is 2. The van der Waals surface area contributed by atoms with Crippen molar-refractivity contribution in [2.75, 3.05) is 11.4 Å². The first-order chi connectivity index (χ1) is 10.1. The van der Waals surface area contributed by atoms with Gasteiger partial charge < -0.3 is 10.0 Å². The zero-order valence-electron chi connectivity index (χ0n) is 11.1. The number of carboxylic acid groups (broad SMARTS) is 1. The van der Waals surface area contributed by atoms with E-state index >= 15 is 0 Å². The van der Waals surface area contributed by atoms with Crippen LogP contribution < -0.4 is 4.90 Å². The van der Waals surface area contributed by atoms with E-state index in [1.165, 1.54) is 0 Å². The second-order valence-corrected chi connectivity index (χ2v) is 6.20. The first-order valence-corrected chi connectivity index (χ1v) is 7.90. The van der Waals surface area contributed by atoms with Gasteiger partial charge in [-0.1, -0.05) is 11.6 Å². The highest BCUT2D eigenvalue weighted by molar-refractivity contribution is 7.07. The highest BCUT2D eigenvalue weighted by Gasteiger charge is 2.28. The van der Waals surface area contributed by atoms with Crippen molar-refractivity contribution in [1.82, 2.24) is 0 Å². The van der Waals surface area contributed by atoms with E-state index in [0.29, 0.717) is 18.8 Å². The van der Waals surface area contributed by atoms with Gasteiger partial charge in [-0.2, -0.15) is 11.3 Å². The number of fused-ring (bicyclic) bond motifs is 1. The number of nitrogens with zero attached hydrogens (tertiary/aromatic N) is 1. The number of anilines is 1. The molecule has 21 heavy (non-hydrogen) atoms. The SMILES string of the molecule is O=C(O)c1c(F)c(Cl)cc2c1N(Cc1ccsc1)CCC2. The Bertz CT molecular complexity index is 687. The molecule has 1 aliphatic rings. The van der Waals surface area contributed by atoms with Crippen molar-refractivity contribution in [3.05, 3.63) is 50.4 Å². The molecular weight excluding hydrogens is 313 g/mol. The summed E-state index contributed by atoms with van der Waals surface area (Å²) in [5.41, 5.74) is 2.06. The van der Waals surface area contributed by atoms with Gasteiger partial charge in [0, 0.05) is 13.1 Å². The molecule has 0 spiro atoms. The molecule has 3 rings (SSSR count). The van der Waals surface area contributed by atoms with Crippen molar-refractivity contribution in [2.45, 2.75) is 19.4 Å². The topological polar surface area (TPSA) is 40.5 Å². The monoisotopic (exact) mass is 325 g/mol. The number of carboxylic acids is 1. The Labute approximate surface area is 130 Å². The van der Waals surface area contributed by atoms with Gasteiger partial charge >= 0.3 is 5.97 Å². The summed E-state index contributed by atoms with van der Waals surface area (Å²) in [4.78, 5) is 13.4. The zero-order chi connectivity index (χ0) is 15.0. The maximum atomic E-state index is 14.2. The van der Waals surface area contributed by atoms with Crippen molar-refractivity contribution in [3.8, 4) is 0 Å². The van der Waals surface area contributed by atoms with Crippen LogP contribution in [0.15, 0.2) is 22.9 Å². The van der Waals surface area contributed by atoms with Gasteiger partial charge in [0.25, 0.3) is 0 Å². The van der Waals surface area contributed by atoms with Crippen LogP contribution in [0.3, 0.4) is 0 Å². The molecule has 0 atom stereocenters. The molecule has 110 valence electrons. The molecule has 0 aliphatic carbocycles. The standard InChI is InChI=1S/C15H13ClFNO2S/c16-11-6-10-2-1-4-18(7-9-3-5-21-8-9)14(10)12(13(11)17)15(19)20/h3,5-6,8H,1-2,4,7H2,(H,19,20). The van der Waals surface area contributed by atoms with Gasteiger partial charge in [0.2, 0.25) is 0 Å². The quantitative estimate of drug-likeness (QED) is 0.919. The minimum atomic E-state index is -1.27. The molecule has 1 aromatic heterocycles. The molecule has 1 aromatic carbocycles. The number of hydrogen-bond acceptors (Lipinski definition) is 3. The van der Waals surface area contributed by atoms with E-state index in [1.54, 1.807) is 17.4 Å². The summed E-state index contributed by atoms with van der Waals surface area (Å²) in [5.74, 6) is -2.12. The Morgan fingerprint density at radius 1 is 1.52 bits per heavy atom. The molecule has 1 aliphatic heterocycles. The van der Waals surface area contributed by atoms with Crippen LogP contribution in [0.4, 0.5) is 10.1 Å². The van der Waals surface area contributed by atoms with Crippen LogP contribution in [0.2, 0.25) is 5.02 Å². The fourth-order valence-electron chi connectivity index (χ4n) is 2.75. The normalized spacial score (nSPS) is 14.1. The summed E-state index contributed by atoms with van der Waals surface area (Å²) < 4.78 is 14.2. The highest BCUT2D eigenvalue weighted by Crippen LogP contribution is 2.37. The van der Waals surface area contributed by atoms with Crippen LogP contribution in [0, 0.1) is 5.82 Å². The van der Waals surface area contributed by atoms with Gasteiger partial charge in [-0.05, 0) is 46.9 Å². The molecule has 2 heterocycles. The number of benzene rings is 1. The minimum absolute atomic E-state index is 0.122. The minimum Gasteiger partial charge on any atom is -0.478 e. The molecule has 0 unspecified atom stereocenters. The van der Waals surface area contributed by atoms with Crippen LogP contribution in [0.25, 0.3) is 0 Å². The Balaban J connectivity index is 2.10. The van der Waals surface area contributed by atoms with Gasteiger partial charge in [0.15, 0.2) is 5.82 Å². The van der Waals surface area contributed by atoms with Gasteiger partial charge in [0.05, 0.1) is 10.7 Å². The number of aromatic carboxylic acids is 1. The zero-order valence-corrected chi connectivity index (χ0v) is 12.7. The van der Waals surface area contributed by atoms with Gasteiger partial charge in [0.1, 0.15) is 5.56 Å². The summed E-state index contributed by atoms with van der Waals surface area (Å²) in [6.07, 6.45) is 1.62. The maximum Gasteiger partial charge on any atom is 0.340 e. The maximum absolute atomic E-state index is 14.2. The number of aryl methyl sites for hydroxylation is 1. The molecule has 6 heteroatoms. The lowest BCUT2D eigenvalue weighted by molar-refractivity contribution is 0.0692. The highest BCUT2D eigenvalue weighted by atomic mass is 35.5. The summed E-state index contributed by atoms with van der Waals surface area (Å²) in [7, 11) is 0. The van der Waals surface area contributed by atoms with Crippen LogP contribution in [0.1, 0.15) is 27.9 Å². The molecule has 0 bridgehead atoms. The van der Waals surface area contributed by atoms with Crippen LogP contribution >= 0.6 is 22.9 Å². The average Bonchev–Trinajstić information content (AvgIpc) is 2.93. The third-order valence-corrected chi connectivity index (χ3v) is 4.64. The molecule has 1 N–H and O–H groups in total. The fraction of sp³-hybridized carbons (Fsp3) is 0.267. The largest absolute Gasteiger partial charge is 0.478 e. The van der Waals surface area contributed by atoms with E-state index in [-0.39, 0.29) is 10.6 Å². The molecule has 0 amide bonds. The average molecular weight is 326 g/mol. The third kappa shape index (κ3) is 2.63. The molecule has 0 radical (unpaired) electrons. The summed E-state index contributed by atoms with van der Waals surface area (Å²) in [6, 6.07) is 3.55. The number of rotatable bonds is 3. The molecule has 0 saturated carbocycles. The predicted octanol–water partition coefficient (Wildman–Crippen LogP) is 4.19. The lowest BCUT2D eigenvalue weighted by Gasteiger charge is -2.32. The summed E-state index contributed by atoms with van der Waals surface area (Å²) in [5, 5.41) is 13.2. The second-order valence-electron chi connectivity index (χ2n) is 5.02. The second kappa shape index (κ2) is 5.66. The Hall–Kier alpha value is -1.59. The van der Waals surface area contributed by atoms with Crippen molar-refractivity contribution < 1.29 is 14.3 Å². The summed E-state index contributed by atoms with van der Waals surface area (Å²) >= 11 is 7.42. The smallest absolute Gasteiger partial charge is 0.340 e. The Kier molecular flexibility index (Phi) is 3.87. The molecule has 0 saturated heterocycles. The molecule has 3 nitrogen and oxygen atoms in total. The first-order valence-electron chi connectivity index (χ1n) is 6.58. The van der Waals surface area contributed by atoms with E-state index in [9.17, 15) is 14.3 Å². The number of thiophene rings is 1. The molecular formula is C15H13ClFNO2S. The lowest BCUT2D eigenvalue weighted by Crippen LogP contribution is -2.31. The predicted molar refractivity (Wildman–Crippen MR) is 82.1 cm³/mol. The van der Waals surface area contributed by atoms with Crippen LogP contribution in [-0.4, -0.2) is 17.6 Å². The lowest BCUT2D eigenvalue weighted by atomic mass is 9.96. The third-order valence-electron chi connectivity index (χ3n) is 3.63. The van der Waals surface area contributed by atoms with Crippen molar-refractivity contribution >= 4 is 34.6 Å². The van der Waals surface area contributed by atoms with Crippen molar-refractivity contribution in [1.29, 1.82) is 0 Å². The van der Waals surface area contributed by atoms with Crippen molar-refractivity contribution in [3.63, 3.8) is 0 Å². The first kappa shape index (κ1) is 14.4. The van der Waals surface area contributed by atoms with Crippen molar-refractivity contribution in [2.24, 2.45) is 0 Å². The number of carbonyl (C=O) groups is 1. The fourth-order valence-corrected chi connectivity index (χ4v) is 3.63. The van der Waals surface area contributed by atoms with E-state index in [2.05, 4.69) is 0 Å². The van der Waals surface area contributed by atoms with Crippen LogP contribution in [0.5, 0.6) is 0 Å². The van der Waals surface area contributed by atoms with Gasteiger partial charge in [-0.25, -0.2) is 9.18 Å². The van der Waals surface area contributed by atoms with Crippen LogP contribution in [-0.2, 0) is 13.0 Å².